The highest BCUT2D eigenvalue weighted by molar-refractivity contribution is 6.39. The fourth-order valence-electron chi connectivity index (χ4n) is 18.0. The molecule has 2 aromatic carbocycles. The SMILES string of the molecule is CO[C@H]1C[C@@H]2CC[C@@H](C)[C@@](O)(O2)C(=O)C(=O)N2CCCC[C@H]2C(=O)O[C@H]([C@H](N)C[C@@H]2CC[C@H](n3nncc3-c3cccc(-c4cnc(N5CCN(Cc6cn(CCOCCOCCOCCC(=O)NCCCCn7nc(-c8ccc9oc(N)nc9c8)c8c(N)ncnc87)nn6)CC5)nc4)c3)[C@H](OC)C2)CC(=O)[C@H](C)/C=C(\C)[C@@H](O)[C@@H](O)C(=O)[C@H](C)C[C@H](C)/C=C/C=C/C=C/1C. The van der Waals surface area contributed by atoms with E-state index in [1.54, 1.807) is 56.6 Å². The highest BCUT2D eigenvalue weighted by Crippen LogP contribution is 2.42. The van der Waals surface area contributed by atoms with Crippen LogP contribution in [0.25, 0.3) is 55.8 Å². The number of nitrogens with one attached hydrogen (secondary N) is 1. The number of nitrogens with two attached hydrogens (primary N) is 3. The van der Waals surface area contributed by atoms with E-state index in [0.717, 1.165) is 83.1 Å². The van der Waals surface area contributed by atoms with Gasteiger partial charge in [-0.25, -0.2) is 38.8 Å². The van der Waals surface area contributed by atoms with Crippen molar-refractivity contribution in [2.45, 2.75) is 218 Å². The molecule has 1 saturated carbocycles. The number of aromatic nitrogens is 13. The van der Waals surface area contributed by atoms with Gasteiger partial charge in [0, 0.05) is 145 Å². The number of nitrogen functional groups attached to an aromatic ring is 2. The van der Waals surface area contributed by atoms with Crippen molar-refractivity contribution >= 4 is 75.0 Å². The van der Waals surface area contributed by atoms with Gasteiger partial charge in [-0.15, -0.1) is 10.2 Å². The van der Waals surface area contributed by atoms with E-state index in [9.17, 15) is 44.1 Å². The number of rotatable bonds is 29. The number of carbonyl (C=O) groups is 6. The summed E-state index contributed by atoms with van der Waals surface area (Å²) in [4.78, 5) is 113. The molecule has 4 aliphatic heterocycles. The first-order valence-electron chi connectivity index (χ1n) is 45.5. The number of piperidine rings is 1. The van der Waals surface area contributed by atoms with E-state index >= 15 is 0 Å². The van der Waals surface area contributed by atoms with Crippen LogP contribution >= 0.6 is 0 Å². The number of aliphatic hydroxyl groups excluding tert-OH is 2. The second-order valence-corrected chi connectivity index (χ2v) is 35.1. The van der Waals surface area contributed by atoms with Crippen molar-refractivity contribution in [3.8, 4) is 33.6 Å². The monoisotopic (exact) mass is 1790 g/mol. The van der Waals surface area contributed by atoms with Gasteiger partial charge in [-0.05, 0) is 144 Å². The molecule has 0 spiro atoms. The number of carbonyl (C=O) groups excluding carboxylic acids is 6. The quantitative estimate of drug-likeness (QED) is 0.0101. The molecule has 37 heteroatoms. The lowest BCUT2D eigenvalue weighted by Crippen LogP contribution is -2.61. The first-order valence-corrected chi connectivity index (χ1v) is 45.5. The zero-order valence-electron chi connectivity index (χ0n) is 75.6. The number of unbranched alkanes of at least 4 members (excludes halogenated alkanes) is 1. The number of ketones is 3. The third-order valence-electron chi connectivity index (χ3n) is 25.7. The number of Topliss-reactive ketones (excluding diaryl/α,β-unsaturated/α-hetero) is 3. The molecule has 15 atom stereocenters. The van der Waals surface area contributed by atoms with Crippen LogP contribution in [0, 0.1) is 29.6 Å². The van der Waals surface area contributed by atoms with Gasteiger partial charge in [-0.3, -0.25) is 28.9 Å². The minimum atomic E-state index is -2.51. The van der Waals surface area contributed by atoms with E-state index in [4.69, 9.17) is 69.8 Å². The summed E-state index contributed by atoms with van der Waals surface area (Å²) in [5, 5.41) is 61.2. The van der Waals surface area contributed by atoms with Gasteiger partial charge < -0.3 is 85.2 Å². The summed E-state index contributed by atoms with van der Waals surface area (Å²) >= 11 is 0. The Balaban J connectivity index is 0.544. The van der Waals surface area contributed by atoms with Crippen LogP contribution in [0.3, 0.4) is 0 Å². The Morgan fingerprint density at radius 3 is 2.30 bits per heavy atom. The Morgan fingerprint density at radius 1 is 0.754 bits per heavy atom. The van der Waals surface area contributed by atoms with Crippen LogP contribution in [0.2, 0.25) is 0 Å². The number of anilines is 3. The third-order valence-corrected chi connectivity index (χ3v) is 25.7. The zero-order valence-corrected chi connectivity index (χ0v) is 75.6. The van der Waals surface area contributed by atoms with Crippen LogP contribution in [-0.4, -0.2) is 273 Å². The first-order chi connectivity index (χ1) is 62.7. The number of benzene rings is 2. The average Bonchev–Trinajstić information content (AvgIpc) is 0.797. The van der Waals surface area contributed by atoms with Gasteiger partial charge in [-0.1, -0.05) is 92.8 Å². The number of aliphatic hydroxyl groups is 3. The first kappa shape index (κ1) is 96.7. The maximum atomic E-state index is 14.9. The molecule has 130 heavy (non-hydrogen) atoms. The molecule has 700 valence electrons. The minimum Gasteiger partial charge on any atom is -0.459 e. The van der Waals surface area contributed by atoms with Crippen LogP contribution < -0.4 is 27.4 Å². The molecule has 2 amide bonds. The number of amides is 2. The fourth-order valence-corrected chi connectivity index (χ4v) is 18.0. The van der Waals surface area contributed by atoms with Gasteiger partial charge in [0.25, 0.3) is 17.7 Å². The molecule has 13 rings (SSSR count). The molecule has 10 heterocycles. The average molecular weight is 1800 g/mol. The van der Waals surface area contributed by atoms with Crippen molar-refractivity contribution < 1.29 is 81.7 Å². The van der Waals surface area contributed by atoms with Crippen LogP contribution in [-0.2, 0) is 81.6 Å². The Morgan fingerprint density at radius 2 is 1.52 bits per heavy atom. The van der Waals surface area contributed by atoms with E-state index in [1.165, 1.54) is 19.3 Å². The smallest absolute Gasteiger partial charge is 0.329 e. The van der Waals surface area contributed by atoms with E-state index in [2.05, 4.69) is 56.8 Å². The lowest BCUT2D eigenvalue weighted by atomic mass is 9.79. The number of cyclic esters (lactones) is 1. The van der Waals surface area contributed by atoms with E-state index in [-0.39, 0.29) is 86.7 Å². The predicted octanol–water partition coefficient (Wildman–Crippen LogP) is 7.88. The number of hydrogen-bond acceptors (Lipinski definition) is 32. The van der Waals surface area contributed by atoms with E-state index < -0.39 is 95.4 Å². The molecule has 0 radical (unpaired) electrons. The van der Waals surface area contributed by atoms with E-state index in [0.29, 0.717) is 150 Å². The zero-order chi connectivity index (χ0) is 92.1. The molecule has 10 N–H and O–H groups in total. The second-order valence-electron chi connectivity index (χ2n) is 35.1. The Bertz CT molecular complexity index is 5270. The molecule has 6 aromatic heterocycles. The Hall–Kier alpha value is -10.8. The molecule has 3 saturated heterocycles. The van der Waals surface area contributed by atoms with Gasteiger partial charge in [0.05, 0.1) is 93.5 Å². The lowest BCUT2D eigenvalue weighted by molar-refractivity contribution is -0.265. The summed E-state index contributed by atoms with van der Waals surface area (Å²) in [5.41, 5.74) is 27.7. The van der Waals surface area contributed by atoms with Crippen molar-refractivity contribution in [2.75, 3.05) is 109 Å². The second kappa shape index (κ2) is 45.8. The number of hydrogen-bond donors (Lipinski definition) is 7. The number of ether oxygens (including phenoxy) is 7. The van der Waals surface area contributed by atoms with Crippen LogP contribution in [0.1, 0.15) is 150 Å². The summed E-state index contributed by atoms with van der Waals surface area (Å²) in [7, 11) is 3.21. The highest BCUT2D eigenvalue weighted by Gasteiger charge is 2.53. The number of esters is 1. The lowest BCUT2D eigenvalue weighted by Gasteiger charge is -2.42. The van der Waals surface area contributed by atoms with Gasteiger partial charge in [0.1, 0.15) is 53.5 Å². The summed E-state index contributed by atoms with van der Waals surface area (Å²) in [6, 6.07) is 11.2. The molecule has 0 unspecified atom stereocenters. The minimum absolute atomic E-state index is 0.0107. The number of methoxy groups -OCH3 is 2. The van der Waals surface area contributed by atoms with Crippen molar-refractivity contribution in [2.24, 2.45) is 35.3 Å². The number of piperazine rings is 1. The topological polar surface area (TPSA) is 484 Å². The number of fused-ring (bicyclic) bond motifs is 5. The number of nitrogens with zero attached hydrogens (tertiary/aromatic N) is 16. The third kappa shape index (κ3) is 24.7. The van der Waals surface area contributed by atoms with Gasteiger partial charge in [0.2, 0.25) is 17.6 Å². The summed E-state index contributed by atoms with van der Waals surface area (Å²) in [5.74, 6) is -8.25. The molecular formula is C93H126N20O17. The molecule has 37 nitrogen and oxygen atoms in total. The Labute approximate surface area is 756 Å². The van der Waals surface area contributed by atoms with Gasteiger partial charge >= 0.3 is 5.97 Å². The fraction of sp³-hybridized carbons (Fsp3) is 0.570. The number of oxazole rings is 1. The molecule has 4 fully saturated rings. The predicted molar refractivity (Wildman–Crippen MR) is 483 cm³/mol. The summed E-state index contributed by atoms with van der Waals surface area (Å²) in [6.07, 6.45) is 19.4. The van der Waals surface area contributed by atoms with E-state index in [1.807, 2.05) is 97.8 Å². The molecule has 5 aliphatic rings. The molecular weight excluding hydrogens is 1670 g/mol. The molecule has 1 aliphatic carbocycles. The van der Waals surface area contributed by atoms with Crippen LogP contribution in [0.15, 0.2) is 126 Å². The van der Waals surface area contributed by atoms with Crippen LogP contribution in [0.5, 0.6) is 0 Å². The van der Waals surface area contributed by atoms with Crippen LogP contribution in [0.4, 0.5) is 17.8 Å². The largest absolute Gasteiger partial charge is 0.459 e. The maximum Gasteiger partial charge on any atom is 0.329 e. The summed E-state index contributed by atoms with van der Waals surface area (Å²) in [6.45, 7) is 17.8. The highest BCUT2D eigenvalue weighted by atomic mass is 16.6. The van der Waals surface area contributed by atoms with Gasteiger partial charge in [0.15, 0.2) is 17.0 Å². The van der Waals surface area contributed by atoms with Crippen molar-refractivity contribution in [1.29, 1.82) is 0 Å². The summed E-state index contributed by atoms with van der Waals surface area (Å²) < 4.78 is 52.8. The number of allylic oxidation sites excluding steroid dienone is 6. The Kier molecular flexibility index (Phi) is 34.1. The van der Waals surface area contributed by atoms with Gasteiger partial charge in [-0.2, -0.15) is 10.1 Å². The normalized spacial score (nSPS) is 27.0. The van der Waals surface area contributed by atoms with Crippen molar-refractivity contribution in [3.63, 3.8) is 0 Å². The molecule has 2 bridgehead atoms. The standard InChI is InChI=1S/C93H126N20O17/c1-57-17-10-9-11-18-58(2)77(123-7)49-69-25-22-62(6)93(122,130-69)86(119)89(120)111-30-14-12-21-73(111)90(121)128-78(50-75(114)59(3)44-61(5)84(117)85(118)83(116)60(4)43-57)70(94)45-63-23-26-72(79(46-63)124-8)113-74(53-102-106-113)65-20-16-19-64(47-65)67-51-98-92(99-52-67)109-34-32-108(33-35-109)54-68-55-110(107-104-68)36-38-126-40-42-127-41-39-125-37-28-80(115)97-29-13-15-31-112-88-81(87(95)100-56-101-88)82(105-112)66-24-27-76-71(48-66)103-91(96)129-76/h9-11,16-20,24,27,44,47-48,51-53,55-57,59-60,62-63,69-70,72-73,77-79,84-85,117-118,122H,12-15,21-23,25-26,28-43,45-46,49-50,54,94H2,1-8H3,(H2,96,103)(H,97,115)(H2,95,100,101)/b11-9+,17-10+,58-18+,61-44+/t57-,59-,60-,62-,63+,69+,70-,72+,73+,77+,78+,79-,84-,85+,93-/m1/s1. The maximum absolute atomic E-state index is 14.9. The van der Waals surface area contributed by atoms with Crippen molar-refractivity contribution in [3.05, 3.63) is 127 Å². The number of aryl methyl sites for hydroxylation is 1. The molecule has 8 aromatic rings. The van der Waals surface area contributed by atoms with Crippen molar-refractivity contribution in [1.82, 2.24) is 79.8 Å².